The number of benzene rings is 1. The number of nitrogens with two attached hydrogens (primary N) is 1. The standard InChI is InChI=1S/C12H16ClF2NO.ClH/c1-12(2,3)11(17)10(16)8-6(14)4-5-7(15)9(8)13;/h4-5,10-11,17H,16H2,1-3H3;1H/t10-,11-;/m1./s1. The summed E-state index contributed by atoms with van der Waals surface area (Å²) in [7, 11) is 0. The first-order valence-corrected chi connectivity index (χ1v) is 5.61. The molecule has 2 atom stereocenters. The fraction of sp³-hybridized carbons (Fsp3) is 0.500. The fourth-order valence-electron chi connectivity index (χ4n) is 1.54. The maximum absolute atomic E-state index is 13.6. The third-order valence-corrected chi connectivity index (χ3v) is 3.02. The maximum atomic E-state index is 13.6. The van der Waals surface area contributed by atoms with Gasteiger partial charge in [-0.3, -0.25) is 0 Å². The highest BCUT2D eigenvalue weighted by molar-refractivity contribution is 6.31. The zero-order chi connectivity index (χ0) is 13.4. The van der Waals surface area contributed by atoms with Gasteiger partial charge in [0.15, 0.2) is 0 Å². The molecule has 104 valence electrons. The van der Waals surface area contributed by atoms with Gasteiger partial charge in [0.25, 0.3) is 0 Å². The van der Waals surface area contributed by atoms with Crippen LogP contribution in [0.15, 0.2) is 12.1 Å². The second-order valence-electron chi connectivity index (χ2n) is 5.09. The van der Waals surface area contributed by atoms with Crippen LogP contribution in [0.3, 0.4) is 0 Å². The molecule has 1 rings (SSSR count). The van der Waals surface area contributed by atoms with Crippen LogP contribution < -0.4 is 5.73 Å². The van der Waals surface area contributed by atoms with E-state index in [-0.39, 0.29) is 23.0 Å². The summed E-state index contributed by atoms with van der Waals surface area (Å²) in [5, 5.41) is 9.60. The Labute approximate surface area is 117 Å². The van der Waals surface area contributed by atoms with Crippen LogP contribution in [0.1, 0.15) is 32.4 Å². The normalized spacial score (nSPS) is 14.9. The van der Waals surface area contributed by atoms with E-state index in [0.717, 1.165) is 12.1 Å². The van der Waals surface area contributed by atoms with E-state index in [2.05, 4.69) is 0 Å². The van der Waals surface area contributed by atoms with Crippen molar-refractivity contribution < 1.29 is 13.9 Å². The topological polar surface area (TPSA) is 46.2 Å². The van der Waals surface area contributed by atoms with Crippen molar-refractivity contribution >= 4 is 24.0 Å². The van der Waals surface area contributed by atoms with E-state index in [4.69, 9.17) is 17.3 Å². The van der Waals surface area contributed by atoms with Crippen LogP contribution in [0.2, 0.25) is 5.02 Å². The van der Waals surface area contributed by atoms with Gasteiger partial charge in [-0.2, -0.15) is 0 Å². The minimum absolute atomic E-state index is 0. The second kappa shape index (κ2) is 6.15. The summed E-state index contributed by atoms with van der Waals surface area (Å²) in [6.07, 6.45) is -1.03. The van der Waals surface area contributed by atoms with Gasteiger partial charge in [-0.15, -0.1) is 12.4 Å². The van der Waals surface area contributed by atoms with Crippen LogP contribution in [-0.4, -0.2) is 11.2 Å². The zero-order valence-corrected chi connectivity index (χ0v) is 11.9. The molecule has 0 aliphatic rings. The Morgan fingerprint density at radius 2 is 1.67 bits per heavy atom. The summed E-state index contributed by atoms with van der Waals surface area (Å²) in [4.78, 5) is 0. The summed E-state index contributed by atoms with van der Waals surface area (Å²) in [5.74, 6) is -1.47. The first-order valence-electron chi connectivity index (χ1n) is 5.23. The highest BCUT2D eigenvalue weighted by atomic mass is 35.5. The van der Waals surface area contributed by atoms with Gasteiger partial charge in [0.05, 0.1) is 17.2 Å². The molecule has 0 amide bonds. The van der Waals surface area contributed by atoms with Crippen molar-refractivity contribution in [2.24, 2.45) is 11.1 Å². The first kappa shape index (κ1) is 17.6. The van der Waals surface area contributed by atoms with Crippen LogP contribution in [0, 0.1) is 17.0 Å². The van der Waals surface area contributed by atoms with E-state index in [1.165, 1.54) is 0 Å². The average molecular weight is 300 g/mol. The molecule has 0 heterocycles. The molecule has 0 aliphatic carbocycles. The lowest BCUT2D eigenvalue weighted by Gasteiger charge is -2.31. The van der Waals surface area contributed by atoms with Gasteiger partial charge in [0.2, 0.25) is 0 Å². The van der Waals surface area contributed by atoms with Crippen molar-refractivity contribution in [3.05, 3.63) is 34.4 Å². The Hall–Kier alpha value is -0.420. The lowest BCUT2D eigenvalue weighted by Crippen LogP contribution is -2.37. The largest absolute Gasteiger partial charge is 0.391 e. The number of hydrogen-bond acceptors (Lipinski definition) is 2. The maximum Gasteiger partial charge on any atom is 0.142 e. The minimum atomic E-state index is -1.07. The monoisotopic (exact) mass is 299 g/mol. The highest BCUT2D eigenvalue weighted by Crippen LogP contribution is 2.34. The molecule has 6 heteroatoms. The van der Waals surface area contributed by atoms with Gasteiger partial charge in [-0.05, 0) is 17.5 Å². The van der Waals surface area contributed by atoms with Crippen molar-refractivity contribution in [2.75, 3.05) is 0 Å². The van der Waals surface area contributed by atoms with Crippen molar-refractivity contribution in [1.82, 2.24) is 0 Å². The molecule has 2 nitrogen and oxygen atoms in total. The molecule has 18 heavy (non-hydrogen) atoms. The lowest BCUT2D eigenvalue weighted by atomic mass is 9.82. The molecular formula is C12H17Cl2F2NO. The Morgan fingerprint density at radius 3 is 2.11 bits per heavy atom. The summed E-state index contributed by atoms with van der Waals surface area (Å²) < 4.78 is 26.8. The van der Waals surface area contributed by atoms with Gasteiger partial charge in [-0.1, -0.05) is 32.4 Å². The Balaban J connectivity index is 0.00000289. The van der Waals surface area contributed by atoms with E-state index in [9.17, 15) is 13.9 Å². The third-order valence-electron chi connectivity index (χ3n) is 2.64. The van der Waals surface area contributed by atoms with Crippen LogP contribution in [0.5, 0.6) is 0 Å². The minimum Gasteiger partial charge on any atom is -0.391 e. The Morgan fingerprint density at radius 1 is 1.22 bits per heavy atom. The van der Waals surface area contributed by atoms with Gasteiger partial charge >= 0.3 is 0 Å². The van der Waals surface area contributed by atoms with E-state index >= 15 is 0 Å². The molecule has 0 saturated carbocycles. The first-order chi connectivity index (χ1) is 7.66. The summed E-state index contributed by atoms with van der Waals surface area (Å²) in [5.41, 5.74) is 5.01. The Kier molecular flexibility index (Phi) is 6.01. The van der Waals surface area contributed by atoms with Crippen molar-refractivity contribution in [3.63, 3.8) is 0 Å². The van der Waals surface area contributed by atoms with Crippen LogP contribution in [0.4, 0.5) is 8.78 Å². The summed E-state index contributed by atoms with van der Waals surface area (Å²) in [6.45, 7) is 5.26. The number of hydrogen-bond donors (Lipinski definition) is 2. The molecule has 1 aromatic carbocycles. The van der Waals surface area contributed by atoms with Crippen LogP contribution in [0.25, 0.3) is 0 Å². The van der Waals surface area contributed by atoms with E-state index in [0.29, 0.717) is 0 Å². The predicted octanol–water partition coefficient (Wildman–Crippen LogP) is 3.45. The van der Waals surface area contributed by atoms with Crippen molar-refractivity contribution in [3.8, 4) is 0 Å². The highest BCUT2D eigenvalue weighted by Gasteiger charge is 2.32. The molecule has 0 aromatic heterocycles. The van der Waals surface area contributed by atoms with Gasteiger partial charge < -0.3 is 10.8 Å². The smallest absolute Gasteiger partial charge is 0.142 e. The van der Waals surface area contributed by atoms with Gasteiger partial charge in [0, 0.05) is 5.56 Å². The van der Waals surface area contributed by atoms with Crippen LogP contribution in [-0.2, 0) is 0 Å². The summed E-state index contributed by atoms with van der Waals surface area (Å²) >= 11 is 5.68. The fourth-order valence-corrected chi connectivity index (χ4v) is 1.82. The second-order valence-corrected chi connectivity index (χ2v) is 5.47. The van der Waals surface area contributed by atoms with Gasteiger partial charge in [0.1, 0.15) is 11.6 Å². The predicted molar refractivity (Wildman–Crippen MR) is 71.0 cm³/mol. The average Bonchev–Trinajstić information content (AvgIpc) is 2.21. The van der Waals surface area contributed by atoms with Crippen LogP contribution >= 0.6 is 24.0 Å². The van der Waals surface area contributed by atoms with Crippen molar-refractivity contribution in [1.29, 1.82) is 0 Å². The molecule has 0 spiro atoms. The molecule has 0 aliphatic heterocycles. The van der Waals surface area contributed by atoms with E-state index in [1.807, 2.05) is 0 Å². The molecule has 0 fully saturated rings. The number of aliphatic hydroxyl groups excluding tert-OH is 1. The number of aliphatic hydroxyl groups is 1. The quantitative estimate of drug-likeness (QED) is 0.822. The summed E-state index contributed by atoms with van der Waals surface area (Å²) in [6, 6.07) is 0.807. The molecule has 3 N–H and O–H groups in total. The molecule has 0 saturated heterocycles. The molecule has 0 bridgehead atoms. The number of halogens is 4. The molecule has 0 unspecified atom stereocenters. The Bertz CT molecular complexity index is 421. The SMILES string of the molecule is CC(C)(C)[C@H](O)[C@H](N)c1c(F)ccc(F)c1Cl.Cl. The molecular weight excluding hydrogens is 283 g/mol. The lowest BCUT2D eigenvalue weighted by molar-refractivity contribution is 0.0391. The van der Waals surface area contributed by atoms with E-state index in [1.54, 1.807) is 20.8 Å². The van der Waals surface area contributed by atoms with E-state index < -0.39 is 29.2 Å². The molecule has 1 aromatic rings. The third kappa shape index (κ3) is 3.54. The van der Waals surface area contributed by atoms with Gasteiger partial charge in [-0.25, -0.2) is 8.78 Å². The zero-order valence-electron chi connectivity index (χ0n) is 10.4. The van der Waals surface area contributed by atoms with Crippen molar-refractivity contribution in [2.45, 2.75) is 32.9 Å². The number of rotatable bonds is 2. The molecule has 0 radical (unpaired) electrons.